The molecule has 0 radical (unpaired) electrons. The van der Waals surface area contributed by atoms with Gasteiger partial charge in [-0.25, -0.2) is 0 Å². The highest BCUT2D eigenvalue weighted by Crippen LogP contribution is 2.24. The summed E-state index contributed by atoms with van der Waals surface area (Å²) in [5.41, 5.74) is 2.39. The van der Waals surface area contributed by atoms with E-state index in [0.29, 0.717) is 12.1 Å². The van der Waals surface area contributed by atoms with Crippen LogP contribution in [-0.4, -0.2) is 27.6 Å². The highest BCUT2D eigenvalue weighted by Gasteiger charge is 2.21. The molecular weight excluding hydrogens is 326 g/mol. The van der Waals surface area contributed by atoms with Crippen LogP contribution in [0.15, 0.2) is 15.9 Å². The molecule has 0 aliphatic carbocycles. The summed E-state index contributed by atoms with van der Waals surface area (Å²) in [6, 6.07) is 4.03. The maximum absolute atomic E-state index is 12.5. The van der Waals surface area contributed by atoms with E-state index in [1.54, 1.807) is 20.9 Å². The fraction of sp³-hybridized carbons (Fsp3) is 0.385. The van der Waals surface area contributed by atoms with E-state index in [0.717, 1.165) is 20.1 Å². The third-order valence-electron chi connectivity index (χ3n) is 3.09. The molecular formula is C13H16BrN3OS. The van der Waals surface area contributed by atoms with E-state index in [9.17, 15) is 4.79 Å². The second-order valence-electron chi connectivity index (χ2n) is 4.54. The predicted molar refractivity (Wildman–Crippen MR) is 80.5 cm³/mol. The summed E-state index contributed by atoms with van der Waals surface area (Å²) in [5.74, 6) is 0.0209. The van der Waals surface area contributed by atoms with Gasteiger partial charge in [-0.1, -0.05) is 0 Å². The van der Waals surface area contributed by atoms with Gasteiger partial charge >= 0.3 is 0 Å². The number of hydrogen-bond donors (Lipinski definition) is 0. The molecule has 0 aromatic carbocycles. The summed E-state index contributed by atoms with van der Waals surface area (Å²) >= 11 is 5.08. The number of carbonyl (C=O) groups is 1. The Morgan fingerprint density at radius 3 is 2.63 bits per heavy atom. The minimum atomic E-state index is 0.0209. The molecule has 0 bridgehead atoms. The van der Waals surface area contributed by atoms with Crippen molar-refractivity contribution in [2.24, 2.45) is 7.05 Å². The largest absolute Gasteiger partial charge is 0.336 e. The number of thiophene rings is 1. The Balaban J connectivity index is 2.19. The van der Waals surface area contributed by atoms with Crippen molar-refractivity contribution < 1.29 is 4.79 Å². The number of aryl methyl sites for hydroxylation is 2. The summed E-state index contributed by atoms with van der Waals surface area (Å²) in [7, 11) is 3.68. The Hall–Kier alpha value is -1.14. The fourth-order valence-electron chi connectivity index (χ4n) is 2.02. The lowest BCUT2D eigenvalue weighted by Gasteiger charge is -2.16. The van der Waals surface area contributed by atoms with Crippen LogP contribution in [-0.2, 0) is 13.6 Å². The lowest BCUT2D eigenvalue weighted by molar-refractivity contribution is 0.0785. The van der Waals surface area contributed by atoms with Gasteiger partial charge in [-0.05, 0) is 41.9 Å². The van der Waals surface area contributed by atoms with Crippen LogP contribution in [0.25, 0.3) is 0 Å². The first-order valence-electron chi connectivity index (χ1n) is 5.90. The van der Waals surface area contributed by atoms with Gasteiger partial charge in [-0.15, -0.1) is 11.3 Å². The summed E-state index contributed by atoms with van der Waals surface area (Å²) < 4.78 is 2.83. The first-order valence-corrected chi connectivity index (χ1v) is 7.51. The van der Waals surface area contributed by atoms with Crippen LogP contribution >= 0.6 is 27.3 Å². The standard InChI is InChI=1S/C13H16BrN3OS/c1-8-12(9(2)17(4)15-8)13(18)16(3)7-10-5-6-11(14)19-10/h5-6H,7H2,1-4H3. The maximum Gasteiger partial charge on any atom is 0.257 e. The number of hydrogen-bond acceptors (Lipinski definition) is 3. The smallest absolute Gasteiger partial charge is 0.257 e. The van der Waals surface area contributed by atoms with E-state index in [1.807, 2.05) is 40.1 Å². The quantitative estimate of drug-likeness (QED) is 0.860. The van der Waals surface area contributed by atoms with E-state index in [1.165, 1.54) is 0 Å². The van der Waals surface area contributed by atoms with Crippen molar-refractivity contribution in [2.45, 2.75) is 20.4 Å². The van der Waals surface area contributed by atoms with Crippen molar-refractivity contribution >= 4 is 33.2 Å². The van der Waals surface area contributed by atoms with Crippen molar-refractivity contribution in [1.29, 1.82) is 0 Å². The van der Waals surface area contributed by atoms with Gasteiger partial charge in [0.15, 0.2) is 0 Å². The average Bonchev–Trinajstić information content (AvgIpc) is 2.84. The lowest BCUT2D eigenvalue weighted by atomic mass is 10.1. The molecule has 0 aliphatic heterocycles. The first-order chi connectivity index (χ1) is 8.90. The van der Waals surface area contributed by atoms with Crippen molar-refractivity contribution in [3.8, 4) is 0 Å². The summed E-state index contributed by atoms with van der Waals surface area (Å²) in [4.78, 5) is 15.4. The van der Waals surface area contributed by atoms with Crippen molar-refractivity contribution in [1.82, 2.24) is 14.7 Å². The zero-order valence-corrected chi connectivity index (χ0v) is 13.8. The zero-order chi connectivity index (χ0) is 14.2. The topological polar surface area (TPSA) is 38.1 Å². The molecule has 2 aromatic heterocycles. The molecule has 19 heavy (non-hydrogen) atoms. The molecule has 6 heteroatoms. The SMILES string of the molecule is Cc1nn(C)c(C)c1C(=O)N(C)Cc1ccc(Br)s1. The van der Waals surface area contributed by atoms with Gasteiger partial charge in [0.1, 0.15) is 0 Å². The van der Waals surface area contributed by atoms with E-state index >= 15 is 0 Å². The molecule has 0 aliphatic rings. The molecule has 102 valence electrons. The fourth-order valence-corrected chi connectivity index (χ4v) is 3.55. The third kappa shape index (κ3) is 2.90. The van der Waals surface area contributed by atoms with Crippen LogP contribution in [0.2, 0.25) is 0 Å². The second kappa shape index (κ2) is 5.46. The van der Waals surface area contributed by atoms with Crippen LogP contribution in [0.4, 0.5) is 0 Å². The molecule has 2 heterocycles. The zero-order valence-electron chi connectivity index (χ0n) is 11.4. The van der Waals surface area contributed by atoms with Gasteiger partial charge in [-0.2, -0.15) is 5.10 Å². The van der Waals surface area contributed by atoms with E-state index in [4.69, 9.17) is 0 Å². The van der Waals surface area contributed by atoms with Crippen LogP contribution in [0, 0.1) is 13.8 Å². The first kappa shape index (κ1) is 14.3. The second-order valence-corrected chi connectivity index (χ2v) is 7.08. The highest BCUT2D eigenvalue weighted by atomic mass is 79.9. The monoisotopic (exact) mass is 341 g/mol. The van der Waals surface area contributed by atoms with Gasteiger partial charge in [0.2, 0.25) is 0 Å². The van der Waals surface area contributed by atoms with Gasteiger partial charge in [-0.3, -0.25) is 9.48 Å². The number of nitrogens with zero attached hydrogens (tertiary/aromatic N) is 3. The number of halogens is 1. The molecule has 0 spiro atoms. The van der Waals surface area contributed by atoms with Gasteiger partial charge in [0.25, 0.3) is 5.91 Å². The van der Waals surface area contributed by atoms with Gasteiger partial charge < -0.3 is 4.90 Å². The molecule has 0 unspecified atom stereocenters. The molecule has 4 nitrogen and oxygen atoms in total. The Bertz CT molecular complexity index is 617. The van der Waals surface area contributed by atoms with Crippen LogP contribution in [0.5, 0.6) is 0 Å². The molecule has 0 fully saturated rings. The number of aromatic nitrogens is 2. The Kier molecular flexibility index (Phi) is 4.10. The van der Waals surface area contributed by atoms with Crippen LogP contribution in [0.1, 0.15) is 26.6 Å². The van der Waals surface area contributed by atoms with E-state index in [-0.39, 0.29) is 5.91 Å². The summed E-state index contributed by atoms with van der Waals surface area (Å²) in [5, 5.41) is 4.29. The van der Waals surface area contributed by atoms with Gasteiger partial charge in [0.05, 0.1) is 21.6 Å². The summed E-state index contributed by atoms with van der Waals surface area (Å²) in [6.07, 6.45) is 0. The van der Waals surface area contributed by atoms with Gasteiger partial charge in [0, 0.05) is 24.7 Å². The molecule has 0 saturated heterocycles. The number of amides is 1. The van der Waals surface area contributed by atoms with Crippen molar-refractivity contribution in [2.75, 3.05) is 7.05 Å². The molecule has 2 rings (SSSR count). The Morgan fingerprint density at radius 2 is 2.16 bits per heavy atom. The van der Waals surface area contributed by atoms with Crippen molar-refractivity contribution in [3.05, 3.63) is 37.7 Å². The highest BCUT2D eigenvalue weighted by molar-refractivity contribution is 9.11. The van der Waals surface area contributed by atoms with Crippen LogP contribution in [0.3, 0.4) is 0 Å². The molecule has 0 atom stereocenters. The Morgan fingerprint density at radius 1 is 1.47 bits per heavy atom. The number of rotatable bonds is 3. The molecule has 0 N–H and O–H groups in total. The Labute approximate surface area is 125 Å². The molecule has 2 aromatic rings. The third-order valence-corrected chi connectivity index (χ3v) is 4.70. The molecule has 0 saturated carbocycles. The maximum atomic E-state index is 12.5. The predicted octanol–water partition coefficient (Wildman–Crippen LogP) is 3.13. The van der Waals surface area contributed by atoms with Crippen molar-refractivity contribution in [3.63, 3.8) is 0 Å². The normalized spacial score (nSPS) is 10.8. The minimum absolute atomic E-state index is 0.0209. The van der Waals surface area contributed by atoms with E-state index < -0.39 is 0 Å². The lowest BCUT2D eigenvalue weighted by Crippen LogP contribution is -2.26. The van der Waals surface area contributed by atoms with E-state index in [2.05, 4.69) is 21.0 Å². The van der Waals surface area contributed by atoms with Crippen LogP contribution < -0.4 is 0 Å². The minimum Gasteiger partial charge on any atom is -0.336 e. The average molecular weight is 342 g/mol. The number of carbonyl (C=O) groups excluding carboxylic acids is 1. The summed E-state index contributed by atoms with van der Waals surface area (Å²) in [6.45, 7) is 4.40. The molecule has 1 amide bonds.